The number of nitro benzene ring substituents is 1. The highest BCUT2D eigenvalue weighted by Gasteiger charge is 2.27. The molecule has 0 saturated heterocycles. The first-order valence-electron chi connectivity index (χ1n) is 6.47. The van der Waals surface area contributed by atoms with Gasteiger partial charge in [0, 0.05) is 23.0 Å². The van der Waals surface area contributed by atoms with Crippen molar-refractivity contribution in [1.82, 2.24) is 0 Å². The molecule has 0 bridgehead atoms. The third kappa shape index (κ3) is 3.46. The third-order valence-electron chi connectivity index (χ3n) is 3.50. The van der Waals surface area contributed by atoms with Gasteiger partial charge in [0.2, 0.25) is 5.91 Å². The smallest absolute Gasteiger partial charge is 0.294 e. The van der Waals surface area contributed by atoms with Crippen LogP contribution < -0.4 is 11.1 Å². The molecule has 3 N–H and O–H groups in total. The number of benzene rings is 1. The summed E-state index contributed by atoms with van der Waals surface area (Å²) in [6.07, 6.45) is 3.21. The Kier molecular flexibility index (Phi) is 4.57. The van der Waals surface area contributed by atoms with Gasteiger partial charge in [0.1, 0.15) is 5.69 Å². The third-order valence-corrected chi connectivity index (χ3v) is 3.73. The number of anilines is 1. The first kappa shape index (κ1) is 14.7. The van der Waals surface area contributed by atoms with Crippen LogP contribution in [0.15, 0.2) is 18.2 Å². The molecule has 6 nitrogen and oxygen atoms in total. The van der Waals surface area contributed by atoms with Crippen LogP contribution in [0.3, 0.4) is 0 Å². The Morgan fingerprint density at radius 1 is 1.45 bits per heavy atom. The Bertz CT molecular complexity index is 536. The van der Waals surface area contributed by atoms with Crippen LogP contribution in [0.25, 0.3) is 0 Å². The SMILES string of the molecule is NC1CCCC(C(=O)Nc2ccc(Cl)cc2[N+](=O)[O-])C1. The maximum absolute atomic E-state index is 12.2. The monoisotopic (exact) mass is 297 g/mol. The number of halogens is 1. The number of nitro groups is 1. The quantitative estimate of drug-likeness (QED) is 0.662. The summed E-state index contributed by atoms with van der Waals surface area (Å²) < 4.78 is 0. The van der Waals surface area contributed by atoms with Crippen molar-refractivity contribution in [1.29, 1.82) is 0 Å². The van der Waals surface area contributed by atoms with E-state index in [1.807, 2.05) is 0 Å². The maximum atomic E-state index is 12.2. The topological polar surface area (TPSA) is 98.3 Å². The fraction of sp³-hybridized carbons (Fsp3) is 0.462. The summed E-state index contributed by atoms with van der Waals surface area (Å²) in [7, 11) is 0. The van der Waals surface area contributed by atoms with Gasteiger partial charge < -0.3 is 11.1 Å². The van der Waals surface area contributed by atoms with Crippen molar-refractivity contribution in [2.75, 3.05) is 5.32 Å². The highest BCUT2D eigenvalue weighted by Crippen LogP contribution is 2.30. The molecule has 108 valence electrons. The zero-order valence-electron chi connectivity index (χ0n) is 10.8. The number of nitrogens with two attached hydrogens (primary N) is 1. The van der Waals surface area contributed by atoms with Crippen molar-refractivity contribution in [3.8, 4) is 0 Å². The average Bonchev–Trinajstić information content (AvgIpc) is 2.40. The second-order valence-electron chi connectivity index (χ2n) is 5.03. The van der Waals surface area contributed by atoms with Crippen molar-refractivity contribution >= 4 is 28.9 Å². The summed E-state index contributed by atoms with van der Waals surface area (Å²) in [4.78, 5) is 22.5. The maximum Gasteiger partial charge on any atom is 0.294 e. The van der Waals surface area contributed by atoms with E-state index >= 15 is 0 Å². The predicted octanol–water partition coefficient (Wildman–Crippen LogP) is 2.70. The molecular weight excluding hydrogens is 282 g/mol. The fourth-order valence-electron chi connectivity index (χ4n) is 2.46. The molecule has 1 saturated carbocycles. The van der Waals surface area contributed by atoms with E-state index in [9.17, 15) is 14.9 Å². The van der Waals surface area contributed by atoms with Crippen LogP contribution in [0.5, 0.6) is 0 Å². The molecule has 1 amide bonds. The summed E-state index contributed by atoms with van der Waals surface area (Å²) in [5.41, 5.74) is 5.82. The number of carbonyl (C=O) groups excluding carboxylic acids is 1. The lowest BCUT2D eigenvalue weighted by Crippen LogP contribution is -2.34. The summed E-state index contributed by atoms with van der Waals surface area (Å²) in [6, 6.07) is 4.21. The lowest BCUT2D eigenvalue weighted by atomic mass is 9.85. The zero-order chi connectivity index (χ0) is 14.7. The largest absolute Gasteiger partial charge is 0.328 e. The minimum Gasteiger partial charge on any atom is -0.328 e. The van der Waals surface area contributed by atoms with Gasteiger partial charge in [-0.15, -0.1) is 0 Å². The minimum absolute atomic E-state index is 0.0275. The molecule has 2 atom stereocenters. The molecule has 1 aliphatic rings. The van der Waals surface area contributed by atoms with E-state index in [0.29, 0.717) is 6.42 Å². The molecule has 0 spiro atoms. The molecule has 1 aromatic rings. The van der Waals surface area contributed by atoms with Gasteiger partial charge in [-0.3, -0.25) is 14.9 Å². The van der Waals surface area contributed by atoms with E-state index in [1.165, 1.54) is 18.2 Å². The van der Waals surface area contributed by atoms with E-state index < -0.39 is 4.92 Å². The Morgan fingerprint density at radius 3 is 2.85 bits per heavy atom. The molecule has 0 aromatic heterocycles. The number of carbonyl (C=O) groups is 1. The Hall–Kier alpha value is -1.66. The second-order valence-corrected chi connectivity index (χ2v) is 5.47. The van der Waals surface area contributed by atoms with Gasteiger partial charge in [0.25, 0.3) is 5.69 Å². The van der Waals surface area contributed by atoms with Gasteiger partial charge in [-0.2, -0.15) is 0 Å². The van der Waals surface area contributed by atoms with Crippen LogP contribution >= 0.6 is 11.6 Å². The molecule has 0 heterocycles. The normalized spacial score (nSPS) is 22.3. The molecule has 2 rings (SSSR count). The highest BCUT2D eigenvalue weighted by molar-refractivity contribution is 6.31. The zero-order valence-corrected chi connectivity index (χ0v) is 11.6. The van der Waals surface area contributed by atoms with Crippen molar-refractivity contribution in [3.63, 3.8) is 0 Å². The number of hydrogen-bond acceptors (Lipinski definition) is 4. The van der Waals surface area contributed by atoms with Crippen molar-refractivity contribution in [2.45, 2.75) is 31.7 Å². The summed E-state index contributed by atoms with van der Waals surface area (Å²) in [6.45, 7) is 0. The fourth-order valence-corrected chi connectivity index (χ4v) is 2.63. The van der Waals surface area contributed by atoms with E-state index in [2.05, 4.69) is 5.32 Å². The average molecular weight is 298 g/mol. The minimum atomic E-state index is -0.561. The van der Waals surface area contributed by atoms with Crippen molar-refractivity contribution in [2.24, 2.45) is 11.7 Å². The van der Waals surface area contributed by atoms with Gasteiger partial charge in [-0.25, -0.2) is 0 Å². The van der Waals surface area contributed by atoms with Crippen molar-refractivity contribution < 1.29 is 9.72 Å². The molecule has 20 heavy (non-hydrogen) atoms. The first-order valence-corrected chi connectivity index (χ1v) is 6.85. The number of hydrogen-bond donors (Lipinski definition) is 2. The number of amides is 1. The number of nitrogens with one attached hydrogen (secondary N) is 1. The van der Waals surface area contributed by atoms with Gasteiger partial charge in [-0.1, -0.05) is 18.0 Å². The molecule has 0 aliphatic heterocycles. The van der Waals surface area contributed by atoms with E-state index in [0.717, 1.165) is 19.3 Å². The molecule has 7 heteroatoms. The van der Waals surface area contributed by atoms with Gasteiger partial charge in [-0.05, 0) is 31.4 Å². The summed E-state index contributed by atoms with van der Waals surface area (Å²) in [5, 5.41) is 13.8. The number of nitrogens with zero attached hydrogens (tertiary/aromatic N) is 1. The van der Waals surface area contributed by atoms with Crippen LogP contribution in [-0.4, -0.2) is 16.9 Å². The van der Waals surface area contributed by atoms with Crippen LogP contribution in [0.1, 0.15) is 25.7 Å². The van der Waals surface area contributed by atoms with Gasteiger partial charge in [0.15, 0.2) is 0 Å². The molecule has 1 fully saturated rings. The predicted molar refractivity (Wildman–Crippen MR) is 76.7 cm³/mol. The van der Waals surface area contributed by atoms with Crippen LogP contribution in [-0.2, 0) is 4.79 Å². The molecular formula is C13H16ClN3O3. The Labute approximate surface area is 121 Å². The van der Waals surface area contributed by atoms with E-state index in [4.69, 9.17) is 17.3 Å². The van der Waals surface area contributed by atoms with Crippen LogP contribution in [0.4, 0.5) is 11.4 Å². The van der Waals surface area contributed by atoms with Crippen LogP contribution in [0.2, 0.25) is 5.02 Å². The Morgan fingerprint density at radius 2 is 2.20 bits per heavy atom. The molecule has 1 aliphatic carbocycles. The van der Waals surface area contributed by atoms with Crippen LogP contribution in [0, 0.1) is 16.0 Å². The lowest BCUT2D eigenvalue weighted by molar-refractivity contribution is -0.383. The van der Waals surface area contributed by atoms with E-state index in [1.54, 1.807) is 0 Å². The van der Waals surface area contributed by atoms with Crippen molar-refractivity contribution in [3.05, 3.63) is 33.3 Å². The Balaban J connectivity index is 2.13. The summed E-state index contributed by atoms with van der Waals surface area (Å²) in [5.74, 6) is -0.403. The molecule has 2 unspecified atom stereocenters. The molecule has 0 radical (unpaired) electrons. The highest BCUT2D eigenvalue weighted by atomic mass is 35.5. The second kappa shape index (κ2) is 6.19. The first-order chi connectivity index (χ1) is 9.47. The van der Waals surface area contributed by atoms with E-state index in [-0.39, 0.29) is 34.3 Å². The number of rotatable bonds is 3. The van der Waals surface area contributed by atoms with Gasteiger partial charge in [0.05, 0.1) is 4.92 Å². The van der Waals surface area contributed by atoms with Gasteiger partial charge >= 0.3 is 0 Å². The standard InChI is InChI=1S/C13H16ClN3O3/c14-9-4-5-11(12(7-9)17(19)20)16-13(18)8-2-1-3-10(15)6-8/h4-5,7-8,10H,1-3,6,15H2,(H,16,18). The summed E-state index contributed by atoms with van der Waals surface area (Å²) >= 11 is 5.73. The molecule has 1 aromatic carbocycles. The lowest BCUT2D eigenvalue weighted by Gasteiger charge is -2.25.